The Hall–Kier alpha value is -1.42. The summed E-state index contributed by atoms with van der Waals surface area (Å²) in [6, 6.07) is 6.18. The summed E-state index contributed by atoms with van der Waals surface area (Å²) in [6.45, 7) is 7.95. The molecule has 4 heteroatoms. The molecule has 1 fully saturated rings. The largest absolute Gasteiger partial charge is 0.303 e. The molecule has 0 N–H and O–H groups in total. The second kappa shape index (κ2) is 4.69. The highest BCUT2D eigenvalue weighted by Gasteiger charge is 2.23. The van der Waals surface area contributed by atoms with Crippen molar-refractivity contribution in [2.45, 2.75) is 26.7 Å². The molecule has 2 aromatic heterocycles. The molecule has 4 nitrogen and oxygen atoms in total. The van der Waals surface area contributed by atoms with Crippen molar-refractivity contribution in [2.75, 3.05) is 19.6 Å². The molecule has 3 rings (SSSR count). The average Bonchev–Trinajstić information content (AvgIpc) is 2.98. The number of fused-ring (bicyclic) bond motifs is 1. The minimum absolute atomic E-state index is 0.733. The van der Waals surface area contributed by atoms with Gasteiger partial charge in [0.05, 0.1) is 0 Å². The van der Waals surface area contributed by atoms with E-state index in [-0.39, 0.29) is 0 Å². The maximum absolute atomic E-state index is 4.36. The van der Waals surface area contributed by atoms with Gasteiger partial charge in [-0.05, 0) is 44.5 Å². The Labute approximate surface area is 108 Å². The standard InChI is InChI=1S/C14H20N4/c1-3-17-8-7-12(10-17)9-14-16-15-13-6-4-5-11(2)18(13)14/h4-6,12H,3,7-10H2,1-2H3. The van der Waals surface area contributed by atoms with E-state index in [1.165, 1.54) is 25.2 Å². The maximum atomic E-state index is 4.36. The van der Waals surface area contributed by atoms with Crippen LogP contribution in [0.15, 0.2) is 18.2 Å². The van der Waals surface area contributed by atoms with Crippen molar-refractivity contribution in [1.29, 1.82) is 0 Å². The number of likely N-dealkylation sites (tertiary alicyclic amines) is 1. The number of hydrogen-bond donors (Lipinski definition) is 0. The zero-order valence-corrected chi connectivity index (χ0v) is 11.1. The van der Waals surface area contributed by atoms with Crippen LogP contribution in [0, 0.1) is 12.8 Å². The highest BCUT2D eigenvalue weighted by molar-refractivity contribution is 5.39. The lowest BCUT2D eigenvalue weighted by atomic mass is 10.0. The highest BCUT2D eigenvalue weighted by atomic mass is 15.2. The normalized spacial score (nSPS) is 20.9. The zero-order chi connectivity index (χ0) is 12.5. The van der Waals surface area contributed by atoms with Gasteiger partial charge in [0.25, 0.3) is 0 Å². The van der Waals surface area contributed by atoms with Crippen LogP contribution in [0.2, 0.25) is 0 Å². The first-order chi connectivity index (χ1) is 8.78. The number of nitrogens with zero attached hydrogens (tertiary/aromatic N) is 4. The van der Waals surface area contributed by atoms with Crippen LogP contribution in [0.5, 0.6) is 0 Å². The van der Waals surface area contributed by atoms with Gasteiger partial charge in [0.2, 0.25) is 0 Å². The van der Waals surface area contributed by atoms with Crippen LogP contribution in [0.1, 0.15) is 24.9 Å². The summed E-state index contributed by atoms with van der Waals surface area (Å²) in [4.78, 5) is 2.51. The van der Waals surface area contributed by atoms with Crippen molar-refractivity contribution >= 4 is 5.65 Å². The Balaban J connectivity index is 1.83. The van der Waals surface area contributed by atoms with E-state index in [4.69, 9.17) is 0 Å². The maximum Gasteiger partial charge on any atom is 0.160 e. The van der Waals surface area contributed by atoms with E-state index in [9.17, 15) is 0 Å². The van der Waals surface area contributed by atoms with Gasteiger partial charge in [-0.1, -0.05) is 13.0 Å². The van der Waals surface area contributed by atoms with E-state index in [0.717, 1.165) is 30.4 Å². The molecule has 18 heavy (non-hydrogen) atoms. The van der Waals surface area contributed by atoms with Crippen LogP contribution in [-0.2, 0) is 6.42 Å². The van der Waals surface area contributed by atoms with Crippen molar-refractivity contribution in [2.24, 2.45) is 5.92 Å². The van der Waals surface area contributed by atoms with Crippen LogP contribution in [0.25, 0.3) is 5.65 Å². The molecule has 0 saturated carbocycles. The van der Waals surface area contributed by atoms with Crippen molar-refractivity contribution in [3.63, 3.8) is 0 Å². The molecule has 3 heterocycles. The molecule has 0 aliphatic carbocycles. The number of aromatic nitrogens is 3. The van der Waals surface area contributed by atoms with Crippen molar-refractivity contribution in [3.8, 4) is 0 Å². The molecular weight excluding hydrogens is 224 g/mol. The molecule has 0 bridgehead atoms. The molecule has 0 aromatic carbocycles. The Kier molecular flexibility index (Phi) is 3.04. The van der Waals surface area contributed by atoms with Gasteiger partial charge in [-0.15, -0.1) is 10.2 Å². The molecule has 1 atom stereocenters. The van der Waals surface area contributed by atoms with Crippen molar-refractivity contribution in [1.82, 2.24) is 19.5 Å². The first-order valence-corrected chi connectivity index (χ1v) is 6.80. The number of pyridine rings is 1. The minimum Gasteiger partial charge on any atom is -0.303 e. The number of rotatable bonds is 3. The van der Waals surface area contributed by atoms with Gasteiger partial charge >= 0.3 is 0 Å². The van der Waals surface area contributed by atoms with E-state index in [1.807, 2.05) is 12.1 Å². The fraction of sp³-hybridized carbons (Fsp3) is 0.571. The van der Waals surface area contributed by atoms with Crippen molar-refractivity contribution in [3.05, 3.63) is 29.7 Å². The summed E-state index contributed by atoms with van der Waals surface area (Å²) >= 11 is 0. The third-order valence-corrected chi connectivity index (χ3v) is 3.98. The highest BCUT2D eigenvalue weighted by Crippen LogP contribution is 2.20. The molecule has 0 amide bonds. The monoisotopic (exact) mass is 244 g/mol. The van der Waals surface area contributed by atoms with Gasteiger partial charge in [-0.3, -0.25) is 4.40 Å². The van der Waals surface area contributed by atoms with Crippen molar-refractivity contribution < 1.29 is 0 Å². The Bertz CT molecular complexity index is 546. The van der Waals surface area contributed by atoms with E-state index in [1.54, 1.807) is 0 Å². The Morgan fingerprint density at radius 3 is 3.00 bits per heavy atom. The third-order valence-electron chi connectivity index (χ3n) is 3.98. The smallest absolute Gasteiger partial charge is 0.160 e. The van der Waals surface area contributed by atoms with Crippen LogP contribution >= 0.6 is 0 Å². The number of hydrogen-bond acceptors (Lipinski definition) is 3. The predicted molar refractivity (Wildman–Crippen MR) is 71.6 cm³/mol. The van der Waals surface area contributed by atoms with Crippen LogP contribution < -0.4 is 0 Å². The molecule has 0 spiro atoms. The molecule has 1 aliphatic heterocycles. The predicted octanol–water partition coefficient (Wildman–Crippen LogP) is 1.92. The molecule has 0 radical (unpaired) electrons. The Morgan fingerprint density at radius 2 is 2.22 bits per heavy atom. The lowest BCUT2D eigenvalue weighted by molar-refractivity contribution is 0.340. The Morgan fingerprint density at radius 1 is 1.33 bits per heavy atom. The lowest BCUT2D eigenvalue weighted by Gasteiger charge is -2.12. The summed E-state index contributed by atoms with van der Waals surface area (Å²) < 4.78 is 2.19. The molecule has 1 unspecified atom stereocenters. The van der Waals surface area contributed by atoms with E-state index in [0.29, 0.717) is 0 Å². The summed E-state index contributed by atoms with van der Waals surface area (Å²) in [6.07, 6.45) is 2.33. The number of aryl methyl sites for hydroxylation is 1. The van der Waals surface area contributed by atoms with Crippen LogP contribution in [0.3, 0.4) is 0 Å². The second-order valence-corrected chi connectivity index (χ2v) is 5.23. The summed E-state index contributed by atoms with van der Waals surface area (Å²) in [7, 11) is 0. The molecule has 96 valence electrons. The second-order valence-electron chi connectivity index (χ2n) is 5.23. The molecule has 1 saturated heterocycles. The van der Waals surface area contributed by atoms with Gasteiger partial charge < -0.3 is 4.90 Å². The summed E-state index contributed by atoms with van der Waals surface area (Å²) in [5.41, 5.74) is 2.19. The fourth-order valence-corrected chi connectivity index (χ4v) is 2.93. The first kappa shape index (κ1) is 11.7. The van der Waals surface area contributed by atoms with E-state index < -0.39 is 0 Å². The topological polar surface area (TPSA) is 33.4 Å². The first-order valence-electron chi connectivity index (χ1n) is 6.80. The summed E-state index contributed by atoms with van der Waals surface area (Å²) in [5, 5.41) is 8.63. The van der Waals surface area contributed by atoms with Crippen LogP contribution in [-0.4, -0.2) is 39.1 Å². The summed E-state index contributed by atoms with van der Waals surface area (Å²) in [5.74, 6) is 1.85. The molecule has 2 aromatic rings. The van der Waals surface area contributed by atoms with Gasteiger partial charge in [-0.25, -0.2) is 0 Å². The van der Waals surface area contributed by atoms with E-state index >= 15 is 0 Å². The molecule has 1 aliphatic rings. The lowest BCUT2D eigenvalue weighted by Crippen LogP contribution is -2.20. The average molecular weight is 244 g/mol. The zero-order valence-electron chi connectivity index (χ0n) is 11.1. The minimum atomic E-state index is 0.733. The van der Waals surface area contributed by atoms with Crippen LogP contribution in [0.4, 0.5) is 0 Å². The van der Waals surface area contributed by atoms with Gasteiger partial charge in [0, 0.05) is 18.7 Å². The van der Waals surface area contributed by atoms with E-state index in [2.05, 4.69) is 39.4 Å². The SMILES string of the molecule is CCN1CCC(Cc2nnc3cccc(C)n23)C1. The van der Waals surface area contributed by atoms with Gasteiger partial charge in [0.15, 0.2) is 5.65 Å². The van der Waals surface area contributed by atoms with Gasteiger partial charge in [0.1, 0.15) is 5.82 Å². The molecular formula is C14H20N4. The van der Waals surface area contributed by atoms with Gasteiger partial charge in [-0.2, -0.15) is 0 Å². The quantitative estimate of drug-likeness (QED) is 0.827. The third kappa shape index (κ3) is 2.01. The fourth-order valence-electron chi connectivity index (χ4n) is 2.93.